The summed E-state index contributed by atoms with van der Waals surface area (Å²) in [4.78, 5) is 12.0. The van der Waals surface area contributed by atoms with Crippen molar-refractivity contribution >= 4 is 5.78 Å². The molecule has 19 heavy (non-hydrogen) atoms. The second-order valence-corrected chi connectivity index (χ2v) is 5.00. The topological polar surface area (TPSA) is 89.3 Å². The van der Waals surface area contributed by atoms with E-state index in [1.165, 1.54) is 0 Å². The number of aryl methyl sites for hydroxylation is 1. The summed E-state index contributed by atoms with van der Waals surface area (Å²) >= 11 is 0. The van der Waals surface area contributed by atoms with Crippen LogP contribution in [-0.4, -0.2) is 22.7 Å². The van der Waals surface area contributed by atoms with Crippen molar-refractivity contribution in [3.8, 4) is 0 Å². The van der Waals surface area contributed by atoms with E-state index in [0.29, 0.717) is 12.8 Å². The molecule has 106 valence electrons. The van der Waals surface area contributed by atoms with Gasteiger partial charge in [-0.25, -0.2) is 0 Å². The highest BCUT2D eigenvalue weighted by Gasteiger charge is 2.35. The minimum absolute atomic E-state index is 0.250. The first-order valence-corrected chi connectivity index (χ1v) is 6.81. The van der Waals surface area contributed by atoms with Gasteiger partial charge in [0.25, 0.3) is 0 Å². The van der Waals surface area contributed by atoms with Crippen molar-refractivity contribution in [2.75, 3.05) is 0 Å². The number of carbonyl (C=O) groups excluding carboxylic acids is 1. The predicted molar refractivity (Wildman–Crippen MR) is 76.4 cm³/mol. The van der Waals surface area contributed by atoms with Gasteiger partial charge in [0, 0.05) is 6.42 Å². The molecule has 0 saturated heterocycles. The summed E-state index contributed by atoms with van der Waals surface area (Å²) in [5.41, 5.74) is 11.0. The second kappa shape index (κ2) is 7.38. The fraction of sp³-hybridized carbons (Fsp3) is 0.533. The van der Waals surface area contributed by atoms with Gasteiger partial charge < -0.3 is 16.6 Å². The molecule has 1 aromatic carbocycles. The molecule has 1 aromatic rings. The molecule has 0 spiro atoms. The molecule has 0 bridgehead atoms. The molecule has 0 aliphatic heterocycles. The van der Waals surface area contributed by atoms with Crippen LogP contribution in [0.25, 0.3) is 0 Å². The number of carbonyl (C=O) groups is 1. The Labute approximate surface area is 114 Å². The monoisotopic (exact) mass is 264 g/mol. The van der Waals surface area contributed by atoms with Crippen LogP contribution in [-0.2, 0) is 11.2 Å². The highest BCUT2D eigenvalue weighted by Crippen LogP contribution is 2.13. The van der Waals surface area contributed by atoms with Crippen LogP contribution < -0.4 is 11.5 Å². The zero-order chi connectivity index (χ0) is 14.3. The van der Waals surface area contributed by atoms with E-state index in [2.05, 4.69) is 0 Å². The summed E-state index contributed by atoms with van der Waals surface area (Å²) in [6, 6.07) is 9.68. The number of nitrogens with two attached hydrogens (primary N) is 2. The van der Waals surface area contributed by atoms with Crippen LogP contribution in [0, 0.1) is 0 Å². The molecule has 4 nitrogen and oxygen atoms in total. The lowest BCUT2D eigenvalue weighted by Gasteiger charge is -2.28. The van der Waals surface area contributed by atoms with Crippen LogP contribution in [0.4, 0.5) is 0 Å². The van der Waals surface area contributed by atoms with E-state index in [9.17, 15) is 9.90 Å². The van der Waals surface area contributed by atoms with Crippen molar-refractivity contribution in [3.05, 3.63) is 35.9 Å². The number of Topliss-reactive ketones (excluding diaryl/α,β-unsaturated/α-hetero) is 1. The summed E-state index contributed by atoms with van der Waals surface area (Å²) in [5.74, 6) is -0.292. The van der Waals surface area contributed by atoms with Gasteiger partial charge in [0.1, 0.15) is 0 Å². The molecule has 1 unspecified atom stereocenters. The number of aliphatic hydroxyl groups is 1. The summed E-state index contributed by atoms with van der Waals surface area (Å²) in [6.07, 6.45) is 2.07. The molecule has 1 atom stereocenters. The number of ketones is 1. The first-order chi connectivity index (χ1) is 8.98. The first-order valence-electron chi connectivity index (χ1n) is 6.81. The van der Waals surface area contributed by atoms with Gasteiger partial charge in [-0.15, -0.1) is 0 Å². The van der Waals surface area contributed by atoms with Crippen LogP contribution in [0.15, 0.2) is 30.3 Å². The van der Waals surface area contributed by atoms with E-state index in [-0.39, 0.29) is 12.2 Å². The van der Waals surface area contributed by atoms with Crippen molar-refractivity contribution < 1.29 is 9.90 Å². The molecule has 1 rings (SSSR count). The van der Waals surface area contributed by atoms with Crippen molar-refractivity contribution in [2.24, 2.45) is 11.5 Å². The molecular weight excluding hydrogens is 240 g/mol. The van der Waals surface area contributed by atoms with Gasteiger partial charge in [-0.05, 0) is 18.4 Å². The number of benzene rings is 1. The third kappa shape index (κ3) is 4.74. The highest BCUT2D eigenvalue weighted by atomic mass is 16.3. The smallest absolute Gasteiger partial charge is 0.170 e. The Bertz CT molecular complexity index is 390. The summed E-state index contributed by atoms with van der Waals surface area (Å²) in [7, 11) is 0. The SMILES string of the molecule is CCCCC(O)C(N)(N)C(=O)CCc1ccccc1. The molecule has 0 aliphatic rings. The number of unbranched alkanes of at least 4 members (excludes halogenated alkanes) is 1. The first kappa shape index (κ1) is 15.8. The van der Waals surface area contributed by atoms with E-state index in [1.54, 1.807) is 0 Å². The third-order valence-electron chi connectivity index (χ3n) is 3.35. The number of rotatable bonds is 8. The van der Waals surface area contributed by atoms with Gasteiger partial charge in [0.05, 0.1) is 6.10 Å². The van der Waals surface area contributed by atoms with Crippen LogP contribution in [0.5, 0.6) is 0 Å². The van der Waals surface area contributed by atoms with Crippen LogP contribution in [0.2, 0.25) is 0 Å². The normalized spacial score (nSPS) is 13.3. The Hall–Kier alpha value is -1.23. The van der Waals surface area contributed by atoms with Crippen LogP contribution in [0.1, 0.15) is 38.2 Å². The van der Waals surface area contributed by atoms with E-state index in [1.807, 2.05) is 37.3 Å². The van der Waals surface area contributed by atoms with Crippen LogP contribution >= 0.6 is 0 Å². The molecule has 0 heterocycles. The molecule has 0 amide bonds. The van der Waals surface area contributed by atoms with Gasteiger partial charge in [0.2, 0.25) is 0 Å². The van der Waals surface area contributed by atoms with Gasteiger partial charge in [0.15, 0.2) is 11.4 Å². The Balaban J connectivity index is 2.51. The number of aliphatic hydroxyl groups excluding tert-OH is 1. The summed E-state index contributed by atoms with van der Waals surface area (Å²) in [5, 5.41) is 9.90. The maximum absolute atomic E-state index is 12.0. The molecule has 0 radical (unpaired) electrons. The Morgan fingerprint density at radius 3 is 2.53 bits per heavy atom. The average Bonchev–Trinajstić information content (AvgIpc) is 2.42. The largest absolute Gasteiger partial charge is 0.389 e. The lowest BCUT2D eigenvalue weighted by Crippen LogP contribution is -2.64. The Morgan fingerprint density at radius 2 is 1.95 bits per heavy atom. The summed E-state index contributed by atoms with van der Waals surface area (Å²) in [6.45, 7) is 2.01. The van der Waals surface area contributed by atoms with E-state index < -0.39 is 11.8 Å². The second-order valence-electron chi connectivity index (χ2n) is 5.00. The zero-order valence-corrected chi connectivity index (χ0v) is 11.5. The highest BCUT2D eigenvalue weighted by molar-refractivity contribution is 5.88. The number of hydrogen-bond acceptors (Lipinski definition) is 4. The molecular formula is C15H24N2O2. The van der Waals surface area contributed by atoms with Crippen molar-refractivity contribution in [1.82, 2.24) is 0 Å². The zero-order valence-electron chi connectivity index (χ0n) is 11.5. The molecule has 4 heteroatoms. The predicted octanol–water partition coefficient (Wildman–Crippen LogP) is 1.35. The average molecular weight is 264 g/mol. The van der Waals surface area contributed by atoms with Gasteiger partial charge in [-0.1, -0.05) is 50.1 Å². The van der Waals surface area contributed by atoms with Crippen molar-refractivity contribution in [3.63, 3.8) is 0 Å². The molecule has 5 N–H and O–H groups in total. The fourth-order valence-electron chi connectivity index (χ4n) is 1.94. The fourth-order valence-corrected chi connectivity index (χ4v) is 1.94. The molecule has 0 aromatic heterocycles. The lowest BCUT2D eigenvalue weighted by molar-refractivity contribution is -0.128. The van der Waals surface area contributed by atoms with E-state index >= 15 is 0 Å². The quantitative estimate of drug-likeness (QED) is 0.618. The third-order valence-corrected chi connectivity index (χ3v) is 3.35. The lowest BCUT2D eigenvalue weighted by atomic mass is 9.92. The van der Waals surface area contributed by atoms with E-state index in [0.717, 1.165) is 18.4 Å². The minimum atomic E-state index is -1.63. The standard InChI is InChI=1S/C15H24N2O2/c1-2-3-9-13(18)15(16,17)14(19)11-10-12-7-5-4-6-8-12/h4-8,13,18H,2-3,9-11,16-17H2,1H3. The Kier molecular flexibility index (Phi) is 6.15. The van der Waals surface area contributed by atoms with Crippen LogP contribution in [0.3, 0.4) is 0 Å². The maximum Gasteiger partial charge on any atom is 0.170 e. The molecule has 0 aliphatic carbocycles. The molecule has 0 saturated carbocycles. The van der Waals surface area contributed by atoms with Gasteiger partial charge >= 0.3 is 0 Å². The Morgan fingerprint density at radius 1 is 1.32 bits per heavy atom. The molecule has 0 fully saturated rings. The minimum Gasteiger partial charge on any atom is -0.389 e. The summed E-state index contributed by atoms with van der Waals surface area (Å²) < 4.78 is 0. The van der Waals surface area contributed by atoms with E-state index in [4.69, 9.17) is 11.5 Å². The van der Waals surface area contributed by atoms with Crippen molar-refractivity contribution in [1.29, 1.82) is 0 Å². The number of hydrogen-bond donors (Lipinski definition) is 3. The van der Waals surface area contributed by atoms with Gasteiger partial charge in [-0.3, -0.25) is 4.79 Å². The maximum atomic E-state index is 12.0. The van der Waals surface area contributed by atoms with Crippen molar-refractivity contribution in [2.45, 2.75) is 50.8 Å². The van der Waals surface area contributed by atoms with Gasteiger partial charge in [-0.2, -0.15) is 0 Å².